The third kappa shape index (κ3) is 3.38. The highest BCUT2D eigenvalue weighted by atomic mass is 79.9. The highest BCUT2D eigenvalue weighted by Gasteiger charge is 2.32. The van der Waals surface area contributed by atoms with E-state index in [9.17, 15) is 18.0 Å². The molecule has 1 rings (SSSR count). The monoisotopic (exact) mass is 316 g/mol. The van der Waals surface area contributed by atoms with Crippen LogP contribution in [-0.4, -0.2) is 12.1 Å². The zero-order valence-electron chi connectivity index (χ0n) is 7.86. The molecule has 0 atom stereocenters. The van der Waals surface area contributed by atoms with Gasteiger partial charge in [0.15, 0.2) is 5.78 Å². The van der Waals surface area contributed by atoms with Gasteiger partial charge >= 0.3 is 6.36 Å². The molecule has 2 nitrogen and oxygen atoms in total. The molecule has 7 heteroatoms. The number of halogens is 5. The van der Waals surface area contributed by atoms with Gasteiger partial charge in [0.05, 0.1) is 5.02 Å². The second kappa shape index (κ2) is 4.63. The molecule has 88 valence electrons. The molecule has 1 aromatic carbocycles. The maximum Gasteiger partial charge on any atom is 0.573 e. The second-order valence-corrected chi connectivity index (χ2v) is 4.11. The third-order valence-corrected chi connectivity index (χ3v) is 2.87. The lowest BCUT2D eigenvalue weighted by Crippen LogP contribution is -2.17. The van der Waals surface area contributed by atoms with E-state index in [0.717, 1.165) is 6.07 Å². The lowest BCUT2D eigenvalue weighted by molar-refractivity contribution is -0.274. The van der Waals surface area contributed by atoms with Crippen molar-refractivity contribution in [1.82, 2.24) is 0 Å². The van der Waals surface area contributed by atoms with E-state index in [1.807, 2.05) is 0 Å². The third-order valence-electron chi connectivity index (χ3n) is 1.63. The first-order valence-corrected chi connectivity index (χ1v) is 5.13. The first-order valence-electron chi connectivity index (χ1n) is 3.96. The van der Waals surface area contributed by atoms with E-state index in [0.29, 0.717) is 0 Å². The normalized spacial score (nSPS) is 11.4. The van der Waals surface area contributed by atoms with E-state index in [2.05, 4.69) is 20.7 Å². The predicted molar refractivity (Wildman–Crippen MR) is 55.8 cm³/mol. The van der Waals surface area contributed by atoms with Gasteiger partial charge in [0, 0.05) is 10.0 Å². The van der Waals surface area contributed by atoms with E-state index in [4.69, 9.17) is 11.6 Å². The minimum Gasteiger partial charge on any atom is -0.404 e. The Balaban J connectivity index is 3.22. The van der Waals surface area contributed by atoms with Gasteiger partial charge in [0.2, 0.25) is 0 Å². The molecule has 0 aliphatic carbocycles. The second-order valence-electron chi connectivity index (χ2n) is 2.87. The Morgan fingerprint density at radius 2 is 2.00 bits per heavy atom. The van der Waals surface area contributed by atoms with Crippen LogP contribution >= 0.6 is 27.5 Å². The van der Waals surface area contributed by atoms with Crippen molar-refractivity contribution in [2.75, 3.05) is 0 Å². The quantitative estimate of drug-likeness (QED) is 0.764. The number of hydrogen-bond donors (Lipinski definition) is 0. The number of benzene rings is 1. The summed E-state index contributed by atoms with van der Waals surface area (Å²) in [5.74, 6) is -0.988. The van der Waals surface area contributed by atoms with Crippen molar-refractivity contribution in [2.45, 2.75) is 13.3 Å². The minimum absolute atomic E-state index is 0.0792. The Labute approximate surface area is 102 Å². The van der Waals surface area contributed by atoms with Crippen LogP contribution in [0.5, 0.6) is 5.75 Å². The lowest BCUT2D eigenvalue weighted by Gasteiger charge is -2.12. The van der Waals surface area contributed by atoms with Crippen LogP contribution in [0.4, 0.5) is 13.2 Å². The van der Waals surface area contributed by atoms with Crippen LogP contribution in [0.2, 0.25) is 5.02 Å². The van der Waals surface area contributed by atoms with Gasteiger partial charge in [-0.15, -0.1) is 13.2 Å². The highest BCUT2D eigenvalue weighted by Crippen LogP contribution is 2.36. The fourth-order valence-electron chi connectivity index (χ4n) is 0.966. The number of Topliss-reactive ketones (excluding diaryl/α,β-unsaturated/α-hetero) is 1. The molecule has 0 fully saturated rings. The molecule has 0 saturated carbocycles. The van der Waals surface area contributed by atoms with Crippen molar-refractivity contribution in [3.63, 3.8) is 0 Å². The molecule has 0 unspecified atom stereocenters. The zero-order valence-corrected chi connectivity index (χ0v) is 10.2. The molecule has 0 heterocycles. The van der Waals surface area contributed by atoms with Gasteiger partial charge in [-0.05, 0) is 35.0 Å². The molecule has 0 bridgehead atoms. The highest BCUT2D eigenvalue weighted by molar-refractivity contribution is 9.10. The fourth-order valence-corrected chi connectivity index (χ4v) is 1.56. The number of carbonyl (C=O) groups is 1. The first-order chi connectivity index (χ1) is 7.20. The molecular formula is C9H5BrClF3O2. The molecule has 0 amide bonds. The standard InChI is InChI=1S/C9H5BrClF3O2/c1-4(15)5-2-6(10)8(11)7(3-5)16-9(12,13)14/h2-3H,1H3. The van der Waals surface area contributed by atoms with Crippen LogP contribution < -0.4 is 4.74 Å². The molecule has 1 aromatic rings. The molecule has 0 aliphatic rings. The lowest BCUT2D eigenvalue weighted by atomic mass is 10.1. The Morgan fingerprint density at radius 3 is 2.44 bits per heavy atom. The molecule has 0 radical (unpaired) electrons. The molecule has 0 aliphatic heterocycles. The van der Waals surface area contributed by atoms with E-state index < -0.39 is 12.1 Å². The average Bonchev–Trinajstić information content (AvgIpc) is 2.10. The fraction of sp³-hybridized carbons (Fsp3) is 0.222. The van der Waals surface area contributed by atoms with E-state index in [-0.39, 0.29) is 20.8 Å². The van der Waals surface area contributed by atoms with Crippen LogP contribution in [0, 0.1) is 0 Å². The van der Waals surface area contributed by atoms with Gasteiger partial charge in [-0.25, -0.2) is 0 Å². The number of carbonyl (C=O) groups excluding carboxylic acids is 1. The summed E-state index contributed by atoms with van der Waals surface area (Å²) >= 11 is 8.53. The van der Waals surface area contributed by atoms with Crippen molar-refractivity contribution in [3.8, 4) is 5.75 Å². The summed E-state index contributed by atoms with van der Waals surface area (Å²) in [6.07, 6.45) is -4.85. The number of hydrogen-bond acceptors (Lipinski definition) is 2. The van der Waals surface area contributed by atoms with Gasteiger partial charge in [-0.3, -0.25) is 4.79 Å². The molecule has 16 heavy (non-hydrogen) atoms. The topological polar surface area (TPSA) is 26.3 Å². The average molecular weight is 317 g/mol. The SMILES string of the molecule is CC(=O)c1cc(Br)c(Cl)c(OC(F)(F)F)c1. The Hall–Kier alpha value is -0.750. The van der Waals surface area contributed by atoms with Crippen LogP contribution in [0.3, 0.4) is 0 Å². The molecular weight excluding hydrogens is 312 g/mol. The molecule has 0 N–H and O–H groups in total. The van der Waals surface area contributed by atoms with E-state index >= 15 is 0 Å². The van der Waals surface area contributed by atoms with Crippen molar-refractivity contribution in [1.29, 1.82) is 0 Å². The van der Waals surface area contributed by atoms with Gasteiger partial charge in [-0.1, -0.05) is 11.6 Å². The van der Waals surface area contributed by atoms with Gasteiger partial charge < -0.3 is 4.74 Å². The van der Waals surface area contributed by atoms with Crippen LogP contribution in [0.1, 0.15) is 17.3 Å². The summed E-state index contributed by atoms with van der Waals surface area (Å²) in [7, 11) is 0. The smallest absolute Gasteiger partial charge is 0.404 e. The van der Waals surface area contributed by atoms with E-state index in [1.54, 1.807) is 0 Å². The molecule has 0 spiro atoms. The van der Waals surface area contributed by atoms with Crippen molar-refractivity contribution in [2.24, 2.45) is 0 Å². The molecule has 0 saturated heterocycles. The molecule has 0 aromatic heterocycles. The van der Waals surface area contributed by atoms with Gasteiger partial charge in [0.25, 0.3) is 0 Å². The van der Waals surface area contributed by atoms with E-state index in [1.165, 1.54) is 13.0 Å². The zero-order chi connectivity index (χ0) is 12.5. The first kappa shape index (κ1) is 13.3. The predicted octanol–water partition coefficient (Wildman–Crippen LogP) is 4.20. The van der Waals surface area contributed by atoms with Crippen molar-refractivity contribution < 1.29 is 22.7 Å². The van der Waals surface area contributed by atoms with Crippen LogP contribution in [-0.2, 0) is 0 Å². The summed E-state index contributed by atoms with van der Waals surface area (Å²) in [5.41, 5.74) is 0.0792. The van der Waals surface area contributed by atoms with Crippen LogP contribution in [0.25, 0.3) is 0 Å². The minimum atomic E-state index is -4.85. The number of ether oxygens (including phenoxy) is 1. The van der Waals surface area contributed by atoms with Crippen molar-refractivity contribution >= 4 is 33.3 Å². The maximum absolute atomic E-state index is 12.0. The van der Waals surface area contributed by atoms with Crippen LogP contribution in [0.15, 0.2) is 16.6 Å². The van der Waals surface area contributed by atoms with Gasteiger partial charge in [0.1, 0.15) is 5.75 Å². The Kier molecular flexibility index (Phi) is 3.85. The largest absolute Gasteiger partial charge is 0.573 e. The number of alkyl halides is 3. The summed E-state index contributed by atoms with van der Waals surface area (Å²) in [4.78, 5) is 11.0. The summed E-state index contributed by atoms with van der Waals surface area (Å²) in [6.45, 7) is 1.23. The summed E-state index contributed by atoms with van der Waals surface area (Å²) in [6, 6.07) is 2.27. The summed E-state index contributed by atoms with van der Waals surface area (Å²) in [5, 5.41) is -0.234. The summed E-state index contributed by atoms with van der Waals surface area (Å²) < 4.78 is 39.9. The number of ketones is 1. The Morgan fingerprint density at radius 1 is 1.44 bits per heavy atom. The van der Waals surface area contributed by atoms with Crippen molar-refractivity contribution in [3.05, 3.63) is 27.2 Å². The number of rotatable bonds is 2. The maximum atomic E-state index is 12.0. The van der Waals surface area contributed by atoms with Gasteiger partial charge in [-0.2, -0.15) is 0 Å². The Bertz CT molecular complexity index is 431.